The number of nitrogens with one attached hydrogen (secondary N) is 1. The Labute approximate surface area is 189 Å². The fourth-order valence-electron chi connectivity index (χ4n) is 3.21. The van der Waals surface area contributed by atoms with Crippen molar-refractivity contribution in [1.82, 2.24) is 4.90 Å². The maximum Gasteiger partial charge on any atom is 0.410 e. The minimum absolute atomic E-state index is 0.220. The van der Waals surface area contributed by atoms with Gasteiger partial charge in [-0.25, -0.2) is 9.59 Å². The number of esters is 1. The highest BCUT2D eigenvalue weighted by Crippen LogP contribution is 2.38. The molecular formula is C22H23ClN2O5S. The Morgan fingerprint density at radius 1 is 1.19 bits per heavy atom. The van der Waals surface area contributed by atoms with Crippen LogP contribution in [-0.4, -0.2) is 42.6 Å². The smallest absolute Gasteiger partial charge is 0.410 e. The molecule has 0 saturated carbocycles. The summed E-state index contributed by atoms with van der Waals surface area (Å²) < 4.78 is 10.3. The lowest BCUT2D eigenvalue weighted by Gasteiger charge is -2.26. The van der Waals surface area contributed by atoms with E-state index in [1.165, 1.54) is 17.4 Å². The summed E-state index contributed by atoms with van der Waals surface area (Å²) in [5, 5.41) is 3.72. The van der Waals surface area contributed by atoms with Gasteiger partial charge in [-0.2, -0.15) is 0 Å². The summed E-state index contributed by atoms with van der Waals surface area (Å²) in [6.07, 6.45) is 3.05. The van der Waals surface area contributed by atoms with Gasteiger partial charge in [-0.15, -0.1) is 11.3 Å². The number of benzene rings is 1. The average Bonchev–Trinajstić information content (AvgIpc) is 3.10. The molecule has 0 aliphatic carbocycles. The number of fused-ring (bicyclic) bond motifs is 1. The van der Waals surface area contributed by atoms with E-state index in [1.54, 1.807) is 43.0 Å². The summed E-state index contributed by atoms with van der Waals surface area (Å²) in [7, 11) is 0. The van der Waals surface area contributed by atoms with Crippen LogP contribution in [0.5, 0.6) is 0 Å². The van der Waals surface area contributed by atoms with Crippen molar-refractivity contribution in [1.29, 1.82) is 0 Å². The molecule has 164 valence electrons. The molecular weight excluding hydrogens is 440 g/mol. The monoisotopic (exact) mass is 462 g/mol. The third-order valence-electron chi connectivity index (χ3n) is 4.62. The molecule has 3 rings (SSSR count). The van der Waals surface area contributed by atoms with Crippen LogP contribution in [0.15, 0.2) is 30.3 Å². The molecule has 1 N–H and O–H groups in total. The zero-order valence-electron chi connectivity index (χ0n) is 17.3. The fraction of sp³-hybridized carbons (Fsp3) is 0.318. The Morgan fingerprint density at radius 2 is 1.94 bits per heavy atom. The molecule has 9 heteroatoms. The summed E-state index contributed by atoms with van der Waals surface area (Å²) in [4.78, 5) is 39.6. The van der Waals surface area contributed by atoms with Gasteiger partial charge in [0.05, 0.1) is 25.3 Å². The van der Waals surface area contributed by atoms with Gasteiger partial charge in [-0.3, -0.25) is 4.79 Å². The van der Waals surface area contributed by atoms with Crippen LogP contribution < -0.4 is 5.32 Å². The Bertz CT molecular complexity index is 1020. The van der Waals surface area contributed by atoms with E-state index in [9.17, 15) is 14.4 Å². The number of rotatable bonds is 6. The summed E-state index contributed by atoms with van der Waals surface area (Å²) in [5.41, 5.74) is 1.86. The molecule has 1 aliphatic heterocycles. The molecule has 0 unspecified atom stereocenters. The quantitative estimate of drug-likeness (QED) is 0.495. The largest absolute Gasteiger partial charge is 0.462 e. The second-order valence-corrected chi connectivity index (χ2v) is 8.16. The van der Waals surface area contributed by atoms with Gasteiger partial charge in [-0.05, 0) is 43.5 Å². The number of anilines is 1. The first-order chi connectivity index (χ1) is 14.9. The lowest BCUT2D eigenvalue weighted by molar-refractivity contribution is -0.111. The van der Waals surface area contributed by atoms with E-state index in [2.05, 4.69) is 5.32 Å². The number of amides is 2. The summed E-state index contributed by atoms with van der Waals surface area (Å²) in [6.45, 7) is 4.73. The highest BCUT2D eigenvalue weighted by molar-refractivity contribution is 7.17. The number of hydrogen-bond acceptors (Lipinski definition) is 6. The summed E-state index contributed by atoms with van der Waals surface area (Å²) in [5.74, 6) is -0.888. The fourth-order valence-corrected chi connectivity index (χ4v) is 4.66. The molecule has 1 aromatic carbocycles. The van der Waals surface area contributed by atoms with Gasteiger partial charge in [0.15, 0.2) is 0 Å². The van der Waals surface area contributed by atoms with Gasteiger partial charge in [0.2, 0.25) is 5.91 Å². The van der Waals surface area contributed by atoms with E-state index in [1.807, 2.05) is 6.07 Å². The first-order valence-corrected chi connectivity index (χ1v) is 11.1. The van der Waals surface area contributed by atoms with Crippen LogP contribution in [0.1, 0.15) is 40.2 Å². The Hall–Kier alpha value is -2.84. The number of carbonyl (C=O) groups excluding carboxylic acids is 3. The van der Waals surface area contributed by atoms with Crippen molar-refractivity contribution in [2.45, 2.75) is 26.8 Å². The van der Waals surface area contributed by atoms with E-state index < -0.39 is 18.0 Å². The van der Waals surface area contributed by atoms with Crippen molar-refractivity contribution in [3.8, 4) is 0 Å². The average molecular weight is 463 g/mol. The second-order valence-electron chi connectivity index (χ2n) is 6.64. The maximum atomic E-state index is 12.6. The molecule has 2 amide bonds. The third kappa shape index (κ3) is 5.45. The van der Waals surface area contributed by atoms with Crippen molar-refractivity contribution < 1.29 is 23.9 Å². The van der Waals surface area contributed by atoms with Crippen molar-refractivity contribution >= 4 is 52.0 Å². The second kappa shape index (κ2) is 10.5. The van der Waals surface area contributed by atoms with Crippen LogP contribution in [0.25, 0.3) is 6.08 Å². The highest BCUT2D eigenvalue weighted by atomic mass is 35.5. The van der Waals surface area contributed by atoms with E-state index in [4.69, 9.17) is 21.1 Å². The zero-order valence-corrected chi connectivity index (χ0v) is 18.8. The highest BCUT2D eigenvalue weighted by Gasteiger charge is 2.31. The first kappa shape index (κ1) is 22.8. The molecule has 31 heavy (non-hydrogen) atoms. The molecule has 1 aliphatic rings. The molecule has 2 aromatic rings. The van der Waals surface area contributed by atoms with Crippen LogP contribution in [0, 0.1) is 0 Å². The van der Waals surface area contributed by atoms with Gasteiger partial charge >= 0.3 is 12.1 Å². The Balaban J connectivity index is 1.84. The number of carbonyl (C=O) groups is 3. The molecule has 0 atom stereocenters. The van der Waals surface area contributed by atoms with E-state index in [0.717, 1.165) is 10.4 Å². The lowest BCUT2D eigenvalue weighted by atomic mass is 10.0. The van der Waals surface area contributed by atoms with Crippen LogP contribution in [0.3, 0.4) is 0 Å². The van der Waals surface area contributed by atoms with E-state index >= 15 is 0 Å². The van der Waals surface area contributed by atoms with Crippen molar-refractivity contribution in [2.75, 3.05) is 25.1 Å². The minimum Gasteiger partial charge on any atom is -0.462 e. The predicted molar refractivity (Wildman–Crippen MR) is 121 cm³/mol. The van der Waals surface area contributed by atoms with Gasteiger partial charge in [0.1, 0.15) is 5.00 Å². The lowest BCUT2D eigenvalue weighted by Crippen LogP contribution is -2.36. The van der Waals surface area contributed by atoms with Crippen molar-refractivity contribution in [2.24, 2.45) is 0 Å². The molecule has 7 nitrogen and oxygen atoms in total. The van der Waals surface area contributed by atoms with Gasteiger partial charge < -0.3 is 19.7 Å². The molecule has 1 aromatic heterocycles. The number of ether oxygens (including phenoxy) is 2. The van der Waals surface area contributed by atoms with E-state index in [0.29, 0.717) is 47.3 Å². The van der Waals surface area contributed by atoms with Crippen molar-refractivity contribution in [3.05, 3.63) is 56.9 Å². The normalized spacial score (nSPS) is 13.1. The Kier molecular flexibility index (Phi) is 7.70. The van der Waals surface area contributed by atoms with E-state index in [-0.39, 0.29) is 6.61 Å². The maximum absolute atomic E-state index is 12.6. The van der Waals surface area contributed by atoms with Gasteiger partial charge in [0, 0.05) is 22.5 Å². The zero-order chi connectivity index (χ0) is 22.4. The van der Waals surface area contributed by atoms with Crippen LogP contribution >= 0.6 is 22.9 Å². The topological polar surface area (TPSA) is 84.9 Å². The SMILES string of the molecule is CCOC(=O)c1c(NC(=O)/C=C/c2ccccc2Cl)sc2c1CCN(C(=O)OCC)C2. The molecule has 0 saturated heterocycles. The summed E-state index contributed by atoms with van der Waals surface area (Å²) in [6, 6.07) is 7.16. The molecule has 2 heterocycles. The number of hydrogen-bond donors (Lipinski definition) is 1. The molecule has 0 spiro atoms. The molecule has 0 bridgehead atoms. The van der Waals surface area contributed by atoms with Gasteiger partial charge in [-0.1, -0.05) is 29.8 Å². The predicted octanol–water partition coefficient (Wildman–Crippen LogP) is 4.74. The molecule has 0 radical (unpaired) electrons. The molecule has 0 fully saturated rings. The standard InChI is InChI=1S/C22H23ClN2O5S/c1-3-29-21(27)19-15-11-12-25(22(28)30-4-2)13-17(15)31-20(19)24-18(26)10-9-14-7-5-6-8-16(14)23/h5-10H,3-4,11-13H2,1-2H3,(H,24,26)/b10-9+. The van der Waals surface area contributed by atoms with Crippen LogP contribution in [0.2, 0.25) is 5.02 Å². The van der Waals surface area contributed by atoms with Crippen LogP contribution in [0.4, 0.5) is 9.80 Å². The van der Waals surface area contributed by atoms with Gasteiger partial charge in [0.25, 0.3) is 0 Å². The Morgan fingerprint density at radius 3 is 2.65 bits per heavy atom. The number of halogens is 1. The first-order valence-electron chi connectivity index (χ1n) is 9.91. The minimum atomic E-state index is -0.491. The number of nitrogens with zero attached hydrogens (tertiary/aromatic N) is 1. The van der Waals surface area contributed by atoms with Crippen molar-refractivity contribution in [3.63, 3.8) is 0 Å². The van der Waals surface area contributed by atoms with Crippen LogP contribution in [-0.2, 0) is 27.2 Å². The summed E-state index contributed by atoms with van der Waals surface area (Å²) >= 11 is 7.38. The third-order valence-corrected chi connectivity index (χ3v) is 6.10. The number of thiophene rings is 1.